The summed E-state index contributed by atoms with van der Waals surface area (Å²) in [6.07, 6.45) is 9.84. The Labute approximate surface area is 350 Å². The number of carbonyl (C=O) groups excluding carboxylic acids is 2. The molecule has 0 saturated heterocycles. The van der Waals surface area contributed by atoms with E-state index in [1.54, 1.807) is 9.36 Å². The van der Waals surface area contributed by atoms with E-state index in [1.165, 1.54) is 25.3 Å². The lowest BCUT2D eigenvalue weighted by Gasteiger charge is -2.30. The second kappa shape index (κ2) is 19.4. The lowest BCUT2D eigenvalue weighted by Crippen LogP contribution is -2.46. The topological polar surface area (TPSA) is 184 Å². The van der Waals surface area contributed by atoms with Crippen molar-refractivity contribution in [3.05, 3.63) is 102 Å². The van der Waals surface area contributed by atoms with Gasteiger partial charge in [-0.05, 0) is 61.1 Å². The smallest absolute Gasteiger partial charge is 0.360 e. The molecule has 0 aliphatic heterocycles. The van der Waals surface area contributed by atoms with Crippen molar-refractivity contribution in [2.45, 2.75) is 97.2 Å². The summed E-state index contributed by atoms with van der Waals surface area (Å²) in [4.78, 5) is 26.1. The zero-order valence-electron chi connectivity index (χ0n) is 35.3. The van der Waals surface area contributed by atoms with Gasteiger partial charge in [0.1, 0.15) is 6.04 Å². The molecule has 0 spiro atoms. The van der Waals surface area contributed by atoms with Crippen LogP contribution in [0.4, 0.5) is 5.82 Å². The van der Waals surface area contributed by atoms with Crippen molar-refractivity contribution in [3.63, 3.8) is 0 Å². The van der Waals surface area contributed by atoms with Crippen LogP contribution in [0, 0.1) is 11.3 Å². The van der Waals surface area contributed by atoms with Crippen LogP contribution in [0.3, 0.4) is 0 Å². The number of ether oxygens (including phenoxy) is 1. The number of nitrogens with zero attached hydrogens (tertiary/aromatic N) is 10. The molecule has 2 aromatic carbocycles. The standard InChI is InChI=1S/C44H57N13O3/c1-6-30(2)36(26-55-27-37(49-53-55)43(59)60-5)47-42(58)38(23-31-15-9-7-10-16-31)56-25-34(48-54-56)21-14-22-45-28-44(3,4)29-46-40-35(32-19-13-20-32)24-39-50-51-41(57(39)52-40)33-17-11-8-12-18-33/h7-12,15-18,24-25,27,30,32,36,38,45H,6,13-14,19-23,26,28-29H2,1-5H3,(H,46,52)(H,47,58)/t30?,36-,38+/m1/s1. The van der Waals surface area contributed by atoms with Gasteiger partial charge in [0, 0.05) is 36.8 Å². The number of anilines is 1. The number of methoxy groups -OCH3 is 1. The average molecular weight is 816 g/mol. The van der Waals surface area contributed by atoms with Crippen LogP contribution in [0.1, 0.15) is 99.1 Å². The maximum absolute atomic E-state index is 14.1. The number of benzene rings is 2. The molecule has 6 aromatic rings. The number of hydrogen-bond acceptors (Lipinski definition) is 12. The molecule has 3 atom stereocenters. The third-order valence-corrected chi connectivity index (χ3v) is 11.6. The van der Waals surface area contributed by atoms with Crippen LogP contribution in [-0.2, 0) is 28.9 Å². The minimum Gasteiger partial charge on any atom is -0.464 e. The van der Waals surface area contributed by atoms with Crippen molar-refractivity contribution in [3.8, 4) is 11.4 Å². The molecule has 1 unspecified atom stereocenters. The fraction of sp³-hybridized carbons (Fsp3) is 0.477. The predicted octanol–water partition coefficient (Wildman–Crippen LogP) is 5.70. The second-order valence-electron chi connectivity index (χ2n) is 16.7. The summed E-state index contributed by atoms with van der Waals surface area (Å²) in [5.74, 6) is 1.52. The van der Waals surface area contributed by atoms with E-state index in [4.69, 9.17) is 9.84 Å². The molecule has 0 radical (unpaired) electrons. The number of hydrogen-bond donors (Lipinski definition) is 3. The summed E-state index contributed by atoms with van der Waals surface area (Å²) in [5, 5.41) is 41.6. The van der Waals surface area contributed by atoms with Gasteiger partial charge in [-0.2, -0.15) is 4.52 Å². The van der Waals surface area contributed by atoms with Crippen LogP contribution >= 0.6 is 0 Å². The number of rotatable bonds is 21. The van der Waals surface area contributed by atoms with Crippen LogP contribution in [-0.4, -0.2) is 94.5 Å². The molecular weight excluding hydrogens is 759 g/mol. The number of nitrogens with one attached hydrogen (secondary N) is 3. The molecule has 16 heteroatoms. The van der Waals surface area contributed by atoms with Crippen LogP contribution in [0.25, 0.3) is 17.0 Å². The van der Waals surface area contributed by atoms with Gasteiger partial charge in [0.15, 0.2) is 23.0 Å². The molecule has 1 aliphatic carbocycles. The molecule has 16 nitrogen and oxygen atoms in total. The summed E-state index contributed by atoms with van der Waals surface area (Å²) in [7, 11) is 1.30. The van der Waals surface area contributed by atoms with Crippen LogP contribution in [0.5, 0.6) is 0 Å². The Kier molecular flexibility index (Phi) is 13.6. The SMILES string of the molecule is CCC(C)[C@@H](Cn1cc(C(=O)OC)nn1)NC(=O)[C@H](Cc1ccccc1)n1cc(CCCNCC(C)(C)CNc2nn3c(-c4ccccc4)nnc3cc2C2CCC2)nn1. The van der Waals surface area contributed by atoms with Gasteiger partial charge in [0.25, 0.3) is 0 Å². The Morgan fingerprint density at radius 2 is 1.72 bits per heavy atom. The lowest BCUT2D eigenvalue weighted by atomic mass is 9.80. The highest BCUT2D eigenvalue weighted by molar-refractivity contribution is 5.86. The van der Waals surface area contributed by atoms with Gasteiger partial charge < -0.3 is 20.7 Å². The summed E-state index contributed by atoms with van der Waals surface area (Å²) in [6, 6.07) is 21.2. The Hall–Kier alpha value is -6.03. The Morgan fingerprint density at radius 3 is 2.43 bits per heavy atom. The highest BCUT2D eigenvalue weighted by Gasteiger charge is 2.29. The van der Waals surface area contributed by atoms with Crippen molar-refractivity contribution < 1.29 is 14.3 Å². The van der Waals surface area contributed by atoms with Gasteiger partial charge in [0.05, 0.1) is 31.6 Å². The van der Waals surface area contributed by atoms with Crippen LogP contribution < -0.4 is 16.0 Å². The van der Waals surface area contributed by atoms with Gasteiger partial charge in [-0.3, -0.25) is 4.79 Å². The molecule has 1 amide bonds. The van der Waals surface area contributed by atoms with E-state index in [9.17, 15) is 9.59 Å². The minimum atomic E-state index is -0.622. The molecule has 1 fully saturated rings. The van der Waals surface area contributed by atoms with Gasteiger partial charge in [-0.25, -0.2) is 14.2 Å². The molecule has 1 aliphatic rings. The number of aromatic nitrogens is 10. The van der Waals surface area contributed by atoms with E-state index < -0.39 is 12.0 Å². The number of fused-ring (bicyclic) bond motifs is 1. The maximum atomic E-state index is 14.1. The quantitative estimate of drug-likeness (QED) is 0.0596. The van der Waals surface area contributed by atoms with Crippen LogP contribution in [0.15, 0.2) is 79.1 Å². The van der Waals surface area contributed by atoms with Crippen molar-refractivity contribution in [1.82, 2.24) is 60.4 Å². The minimum absolute atomic E-state index is 0.0607. The average Bonchev–Trinajstić information content (AvgIpc) is 4.01. The molecule has 0 bridgehead atoms. The number of esters is 1. The third kappa shape index (κ3) is 10.4. The van der Waals surface area contributed by atoms with Crippen molar-refractivity contribution in [1.29, 1.82) is 0 Å². The van der Waals surface area contributed by atoms with Crippen molar-refractivity contribution in [2.75, 3.05) is 32.1 Å². The molecular formula is C44H57N13O3. The summed E-state index contributed by atoms with van der Waals surface area (Å²) in [5.41, 5.74) is 4.87. The van der Waals surface area contributed by atoms with Gasteiger partial charge in [-0.1, -0.05) is 112 Å². The predicted molar refractivity (Wildman–Crippen MR) is 228 cm³/mol. The first-order valence-electron chi connectivity index (χ1n) is 21.1. The summed E-state index contributed by atoms with van der Waals surface area (Å²) < 4.78 is 9.89. The normalized spacial score (nSPS) is 14.7. The number of amides is 1. The fourth-order valence-electron chi connectivity index (χ4n) is 7.43. The van der Waals surface area contributed by atoms with E-state index in [2.05, 4.69) is 80.5 Å². The third-order valence-electron chi connectivity index (χ3n) is 11.6. The Balaban J connectivity index is 0.945. The monoisotopic (exact) mass is 815 g/mol. The zero-order chi connectivity index (χ0) is 42.1. The lowest BCUT2D eigenvalue weighted by molar-refractivity contribution is -0.125. The molecule has 4 heterocycles. The van der Waals surface area contributed by atoms with Gasteiger partial charge in [-0.15, -0.1) is 25.5 Å². The van der Waals surface area contributed by atoms with Crippen molar-refractivity contribution in [2.24, 2.45) is 11.3 Å². The van der Waals surface area contributed by atoms with Crippen LogP contribution in [0.2, 0.25) is 0 Å². The Bertz CT molecular complexity index is 2320. The zero-order valence-corrected chi connectivity index (χ0v) is 35.3. The maximum Gasteiger partial charge on any atom is 0.360 e. The van der Waals surface area contributed by atoms with E-state index >= 15 is 0 Å². The highest BCUT2D eigenvalue weighted by Crippen LogP contribution is 2.40. The van der Waals surface area contributed by atoms with E-state index in [-0.39, 0.29) is 29.0 Å². The molecule has 316 valence electrons. The number of aryl methyl sites for hydroxylation is 1. The molecule has 7 rings (SSSR count). The van der Waals surface area contributed by atoms with E-state index in [1.807, 2.05) is 71.4 Å². The van der Waals surface area contributed by atoms with Gasteiger partial charge in [0.2, 0.25) is 5.91 Å². The van der Waals surface area contributed by atoms with Gasteiger partial charge >= 0.3 is 5.97 Å². The first-order chi connectivity index (χ1) is 29.1. The Morgan fingerprint density at radius 1 is 0.950 bits per heavy atom. The van der Waals surface area contributed by atoms with Crippen molar-refractivity contribution >= 4 is 23.3 Å². The summed E-state index contributed by atoms with van der Waals surface area (Å²) in [6.45, 7) is 11.4. The van der Waals surface area contributed by atoms with E-state index in [0.717, 1.165) is 79.4 Å². The fourth-order valence-corrected chi connectivity index (χ4v) is 7.43. The summed E-state index contributed by atoms with van der Waals surface area (Å²) >= 11 is 0. The molecule has 1 saturated carbocycles. The number of carbonyl (C=O) groups is 2. The van der Waals surface area contributed by atoms with E-state index in [0.29, 0.717) is 25.3 Å². The highest BCUT2D eigenvalue weighted by atomic mass is 16.5. The largest absolute Gasteiger partial charge is 0.464 e. The first kappa shape index (κ1) is 42.1. The second-order valence-corrected chi connectivity index (χ2v) is 16.7. The molecule has 60 heavy (non-hydrogen) atoms. The first-order valence-corrected chi connectivity index (χ1v) is 21.1. The molecule has 3 N–H and O–H groups in total. The molecule has 4 aromatic heterocycles.